The minimum absolute atomic E-state index is 0.0986. The Bertz CT molecular complexity index is 2790. The van der Waals surface area contributed by atoms with Crippen LogP contribution in [0, 0.1) is 23.7 Å². The fourth-order valence-corrected chi connectivity index (χ4v) is 10.4. The summed E-state index contributed by atoms with van der Waals surface area (Å²) in [5, 5.41) is 14.7. The second-order valence-corrected chi connectivity index (χ2v) is 18.5. The zero-order chi connectivity index (χ0) is 43.3. The average molecular weight is 837 g/mol. The number of fused-ring (bicyclic) bond motifs is 5. The number of hydrogen-bond donors (Lipinski definition) is 4. The highest BCUT2D eigenvalue weighted by atomic mass is 16.5. The number of carbonyl (C=O) groups is 4. The maximum absolute atomic E-state index is 14.0. The Morgan fingerprint density at radius 2 is 1.16 bits per heavy atom. The van der Waals surface area contributed by atoms with E-state index in [1.807, 2.05) is 49.6 Å². The van der Waals surface area contributed by atoms with Gasteiger partial charge in [0.05, 0.1) is 41.3 Å². The van der Waals surface area contributed by atoms with Gasteiger partial charge in [-0.2, -0.15) is 0 Å². The van der Waals surface area contributed by atoms with Crippen LogP contribution in [0.1, 0.15) is 77.1 Å². The number of imidazole rings is 2. The van der Waals surface area contributed by atoms with Crippen LogP contribution in [0.3, 0.4) is 0 Å². The monoisotopic (exact) mass is 836 g/mol. The molecule has 4 fully saturated rings. The number of likely N-dealkylation sites (tertiary alicyclic amines) is 2. The van der Waals surface area contributed by atoms with Gasteiger partial charge in [-0.1, -0.05) is 64.1 Å². The van der Waals surface area contributed by atoms with Gasteiger partial charge in [-0.15, -0.1) is 0 Å². The van der Waals surface area contributed by atoms with Crippen LogP contribution in [-0.4, -0.2) is 102 Å². The first-order valence-corrected chi connectivity index (χ1v) is 21.8. The number of nitrogens with zero attached hydrogens (tertiary/aromatic N) is 5. The van der Waals surface area contributed by atoms with E-state index in [1.54, 1.807) is 0 Å². The number of ether oxygens (including phenoxy) is 1. The number of hydrogen-bond acceptors (Lipinski definition) is 7. The molecule has 14 nitrogen and oxygen atoms in total. The van der Waals surface area contributed by atoms with Crippen molar-refractivity contribution in [2.24, 2.45) is 23.7 Å². The lowest BCUT2D eigenvalue weighted by Gasteiger charge is -2.35. The van der Waals surface area contributed by atoms with Crippen LogP contribution >= 0.6 is 0 Å². The number of likely N-dealkylation sites (N-methyl/N-ethyl adjacent to an activating group) is 1. The largest absolute Gasteiger partial charge is 0.465 e. The van der Waals surface area contributed by atoms with E-state index in [9.17, 15) is 24.3 Å². The molecule has 62 heavy (non-hydrogen) atoms. The SMILES string of the molecule is COC(=O)N[C@H](C(=O)N1[C@@H]2C[C@@H]2C[C@H]1c1nc2cc(-c3ccc4cc(-c5ccc6[nH]c([C@@H]7C[C@H]8C[C@H]8N7C(=O)[C@H](C(C)C)N(C)C(=O)O)nc6c5)ccc4c3)ccc2[nH]1)C(C)C. The van der Waals surface area contributed by atoms with E-state index in [2.05, 4.69) is 75.9 Å². The summed E-state index contributed by atoms with van der Waals surface area (Å²) in [5.41, 5.74) is 7.66. The number of H-pyrrole nitrogens is 2. The molecule has 8 atom stereocenters. The van der Waals surface area contributed by atoms with Crippen LogP contribution in [0.25, 0.3) is 55.1 Å². The van der Waals surface area contributed by atoms with Gasteiger partial charge < -0.3 is 34.9 Å². The van der Waals surface area contributed by atoms with Gasteiger partial charge in [0, 0.05) is 19.1 Å². The van der Waals surface area contributed by atoms with Crippen molar-refractivity contribution in [1.82, 2.24) is 40.0 Å². The lowest BCUT2D eigenvalue weighted by atomic mass is 9.97. The van der Waals surface area contributed by atoms with Crippen LogP contribution in [0.2, 0.25) is 0 Å². The molecule has 0 radical (unpaired) electrons. The summed E-state index contributed by atoms with van der Waals surface area (Å²) in [6.07, 6.45) is 1.85. The van der Waals surface area contributed by atoms with E-state index in [1.165, 1.54) is 14.2 Å². The van der Waals surface area contributed by atoms with Gasteiger partial charge in [-0.25, -0.2) is 19.6 Å². The van der Waals surface area contributed by atoms with E-state index in [-0.39, 0.29) is 47.8 Å². The fraction of sp³-hybridized carbons (Fsp3) is 0.417. The number of alkyl carbamates (subject to hydrolysis) is 1. The maximum Gasteiger partial charge on any atom is 0.407 e. The predicted octanol–water partition coefficient (Wildman–Crippen LogP) is 8.27. The van der Waals surface area contributed by atoms with E-state index in [0.29, 0.717) is 11.8 Å². The zero-order valence-corrected chi connectivity index (χ0v) is 35.8. The van der Waals surface area contributed by atoms with Crippen LogP contribution < -0.4 is 5.32 Å². The van der Waals surface area contributed by atoms with E-state index >= 15 is 0 Å². The maximum atomic E-state index is 14.0. The molecule has 0 unspecified atom stereocenters. The summed E-state index contributed by atoms with van der Waals surface area (Å²) < 4.78 is 4.82. The second kappa shape index (κ2) is 14.9. The van der Waals surface area contributed by atoms with Crippen molar-refractivity contribution in [3.63, 3.8) is 0 Å². The number of piperidine rings is 2. The van der Waals surface area contributed by atoms with Gasteiger partial charge >= 0.3 is 12.2 Å². The number of amides is 4. The Labute approximate surface area is 359 Å². The molecular formula is C48H52N8O6. The molecule has 2 saturated carbocycles. The van der Waals surface area contributed by atoms with Gasteiger partial charge in [0.15, 0.2) is 0 Å². The van der Waals surface area contributed by atoms with Crippen LogP contribution in [0.4, 0.5) is 9.59 Å². The van der Waals surface area contributed by atoms with E-state index < -0.39 is 24.3 Å². The zero-order valence-electron chi connectivity index (χ0n) is 35.8. The van der Waals surface area contributed by atoms with Crippen molar-refractivity contribution >= 4 is 56.8 Å². The average Bonchev–Trinajstić information content (AvgIpc) is 3.91. The topological polar surface area (TPSA) is 177 Å². The molecule has 320 valence electrons. The smallest absolute Gasteiger partial charge is 0.407 e. The van der Waals surface area contributed by atoms with Gasteiger partial charge in [0.2, 0.25) is 11.8 Å². The minimum atomic E-state index is -1.11. The molecule has 4 aromatic carbocycles. The number of aromatic nitrogens is 4. The van der Waals surface area contributed by atoms with Gasteiger partial charge in [-0.05, 0) is 119 Å². The predicted molar refractivity (Wildman–Crippen MR) is 235 cm³/mol. The second-order valence-electron chi connectivity index (χ2n) is 18.5. The molecule has 10 rings (SSSR count). The molecule has 2 aromatic heterocycles. The molecule has 4 N–H and O–H groups in total. The number of benzene rings is 4. The third-order valence-electron chi connectivity index (χ3n) is 13.9. The molecule has 0 spiro atoms. The highest BCUT2D eigenvalue weighted by Crippen LogP contribution is 2.55. The first kappa shape index (κ1) is 39.7. The van der Waals surface area contributed by atoms with Crippen molar-refractivity contribution in [1.29, 1.82) is 0 Å². The van der Waals surface area contributed by atoms with E-state index in [0.717, 1.165) is 97.3 Å². The van der Waals surface area contributed by atoms with Crippen LogP contribution in [-0.2, 0) is 14.3 Å². The number of carbonyl (C=O) groups excluding carboxylic acids is 3. The van der Waals surface area contributed by atoms with Gasteiger partial charge in [-0.3, -0.25) is 14.5 Å². The molecule has 4 aliphatic rings. The Hall–Kier alpha value is -6.44. The molecule has 2 saturated heterocycles. The molecule has 2 aliphatic carbocycles. The van der Waals surface area contributed by atoms with Gasteiger partial charge in [0.25, 0.3) is 0 Å². The van der Waals surface area contributed by atoms with Crippen LogP contribution in [0.5, 0.6) is 0 Å². The third-order valence-corrected chi connectivity index (χ3v) is 13.9. The first-order chi connectivity index (χ1) is 29.8. The molecule has 4 amide bonds. The summed E-state index contributed by atoms with van der Waals surface area (Å²) in [6.45, 7) is 7.63. The molecule has 6 aromatic rings. The minimum Gasteiger partial charge on any atom is -0.465 e. The highest BCUT2D eigenvalue weighted by molar-refractivity contribution is 5.94. The Morgan fingerprint density at radius 1 is 0.694 bits per heavy atom. The quantitative estimate of drug-likeness (QED) is 0.107. The normalized spacial score (nSPS) is 23.5. The number of aromatic amines is 2. The van der Waals surface area contributed by atoms with Crippen molar-refractivity contribution < 1.29 is 29.0 Å². The molecule has 0 bridgehead atoms. The molecule has 4 heterocycles. The number of carboxylic acid groups (broad SMARTS) is 1. The Morgan fingerprint density at radius 3 is 1.61 bits per heavy atom. The Balaban J connectivity index is 0.873. The van der Waals surface area contributed by atoms with Crippen molar-refractivity contribution in [3.8, 4) is 22.3 Å². The molecule has 14 heteroatoms. The van der Waals surface area contributed by atoms with E-state index in [4.69, 9.17) is 14.7 Å². The highest BCUT2D eigenvalue weighted by Gasteiger charge is 2.57. The molecular weight excluding hydrogens is 785 g/mol. The number of rotatable bonds is 10. The summed E-state index contributed by atoms with van der Waals surface area (Å²) in [6, 6.07) is 23.8. The Kier molecular flexibility index (Phi) is 9.52. The van der Waals surface area contributed by atoms with Gasteiger partial charge in [0.1, 0.15) is 23.7 Å². The fourth-order valence-electron chi connectivity index (χ4n) is 10.4. The van der Waals surface area contributed by atoms with Crippen molar-refractivity contribution in [3.05, 3.63) is 84.4 Å². The number of methoxy groups -OCH3 is 1. The lowest BCUT2D eigenvalue weighted by Crippen LogP contribution is -2.52. The lowest BCUT2D eigenvalue weighted by molar-refractivity contribution is -0.140. The third kappa shape index (κ3) is 6.80. The number of nitrogens with one attached hydrogen (secondary N) is 3. The summed E-state index contributed by atoms with van der Waals surface area (Å²) in [4.78, 5) is 73.9. The first-order valence-electron chi connectivity index (χ1n) is 21.8. The van der Waals surface area contributed by atoms with Crippen LogP contribution in [0.15, 0.2) is 72.8 Å². The summed E-state index contributed by atoms with van der Waals surface area (Å²) in [7, 11) is 2.78. The summed E-state index contributed by atoms with van der Waals surface area (Å²) >= 11 is 0. The summed E-state index contributed by atoms with van der Waals surface area (Å²) in [5.74, 6) is 1.83. The van der Waals surface area contributed by atoms with Crippen molar-refractivity contribution in [2.75, 3.05) is 14.2 Å². The standard InChI is InChI=1S/C48H52N8O6/c1-23(2)41(53-47(59)62-6)45(57)55-37-19-31(37)21-39(55)43-49-33-13-11-29(17-35(33)51-43)27-9-7-26-16-28(10-8-25(26)15-27)30-12-14-34-36(18-30)52-44(50-34)40-22-32-20-38(32)56(40)46(58)42(24(3)4)54(5)48(60)61/h7-18,23-24,31-32,37-42H,19-22H2,1-6H3,(H,49,51)(H,50,52)(H,53,59)(H,60,61)/t31-,32-,37-,38-,39+,40+,41+,42+/m1/s1. The molecule has 2 aliphatic heterocycles. The van der Waals surface area contributed by atoms with Crippen molar-refractivity contribution in [2.45, 2.75) is 89.6 Å².